The number of hydrogen-bond acceptors (Lipinski definition) is 2. The van der Waals surface area contributed by atoms with Gasteiger partial charge in [0.15, 0.2) is 5.69 Å². The molecule has 0 saturated carbocycles. The SMILES string of the molecule is Cc1ccc(-n2cnc(C(=O)O)c2)cc1. The lowest BCUT2D eigenvalue weighted by Crippen LogP contribution is -1.95. The Morgan fingerprint density at radius 3 is 2.53 bits per heavy atom. The van der Waals surface area contributed by atoms with E-state index in [4.69, 9.17) is 5.11 Å². The molecule has 0 aliphatic carbocycles. The molecule has 0 atom stereocenters. The maximum atomic E-state index is 10.6. The fourth-order valence-corrected chi connectivity index (χ4v) is 1.29. The molecule has 1 aromatic heterocycles. The van der Waals surface area contributed by atoms with Crippen LogP contribution in [0.25, 0.3) is 5.69 Å². The van der Waals surface area contributed by atoms with Crippen molar-refractivity contribution in [2.24, 2.45) is 0 Å². The van der Waals surface area contributed by atoms with Crippen LogP contribution in [-0.2, 0) is 0 Å². The summed E-state index contributed by atoms with van der Waals surface area (Å²) >= 11 is 0. The molecular weight excluding hydrogens is 192 g/mol. The van der Waals surface area contributed by atoms with Crippen LogP contribution in [-0.4, -0.2) is 20.6 Å². The van der Waals surface area contributed by atoms with Crippen LogP contribution in [0.2, 0.25) is 0 Å². The summed E-state index contributed by atoms with van der Waals surface area (Å²) in [6, 6.07) is 7.77. The van der Waals surface area contributed by atoms with Crippen molar-refractivity contribution >= 4 is 5.97 Å². The molecule has 0 fully saturated rings. The highest BCUT2D eigenvalue weighted by Crippen LogP contribution is 2.09. The first-order valence-electron chi connectivity index (χ1n) is 4.51. The second-order valence-corrected chi connectivity index (χ2v) is 3.31. The average Bonchev–Trinajstić information content (AvgIpc) is 2.68. The largest absolute Gasteiger partial charge is 0.476 e. The van der Waals surface area contributed by atoms with Crippen LogP contribution < -0.4 is 0 Å². The van der Waals surface area contributed by atoms with Crippen molar-refractivity contribution < 1.29 is 9.90 Å². The summed E-state index contributed by atoms with van der Waals surface area (Å²) in [5, 5.41) is 8.71. The first-order valence-corrected chi connectivity index (χ1v) is 4.51. The van der Waals surface area contributed by atoms with Crippen molar-refractivity contribution in [3.8, 4) is 5.69 Å². The van der Waals surface area contributed by atoms with Gasteiger partial charge in [0.25, 0.3) is 0 Å². The average molecular weight is 202 g/mol. The molecule has 0 bridgehead atoms. The van der Waals surface area contributed by atoms with Gasteiger partial charge in [0.1, 0.15) is 6.33 Å². The zero-order valence-corrected chi connectivity index (χ0v) is 8.21. The van der Waals surface area contributed by atoms with Crippen molar-refractivity contribution in [3.63, 3.8) is 0 Å². The number of carbonyl (C=O) groups is 1. The number of rotatable bonds is 2. The molecule has 0 aliphatic heterocycles. The van der Waals surface area contributed by atoms with E-state index < -0.39 is 5.97 Å². The number of nitrogens with zero attached hydrogens (tertiary/aromatic N) is 2. The molecule has 15 heavy (non-hydrogen) atoms. The Labute approximate surface area is 86.8 Å². The van der Waals surface area contributed by atoms with Crippen LogP contribution in [0.5, 0.6) is 0 Å². The maximum absolute atomic E-state index is 10.6. The Kier molecular flexibility index (Phi) is 2.25. The zero-order valence-electron chi connectivity index (χ0n) is 8.21. The third kappa shape index (κ3) is 1.88. The molecule has 76 valence electrons. The van der Waals surface area contributed by atoms with Crippen LogP contribution in [0.1, 0.15) is 16.1 Å². The van der Waals surface area contributed by atoms with Gasteiger partial charge in [-0.1, -0.05) is 17.7 Å². The van der Waals surface area contributed by atoms with Crippen molar-refractivity contribution in [1.29, 1.82) is 0 Å². The number of carboxylic acids is 1. The molecule has 0 spiro atoms. The Morgan fingerprint density at radius 1 is 1.33 bits per heavy atom. The molecular formula is C11H10N2O2. The van der Waals surface area contributed by atoms with Crippen LogP contribution >= 0.6 is 0 Å². The highest BCUT2D eigenvalue weighted by Gasteiger charge is 2.06. The molecule has 2 rings (SSSR count). The second kappa shape index (κ2) is 3.57. The van der Waals surface area contributed by atoms with Gasteiger partial charge in [-0.15, -0.1) is 0 Å². The summed E-state index contributed by atoms with van der Waals surface area (Å²) in [5.74, 6) is -1.01. The van der Waals surface area contributed by atoms with Gasteiger partial charge in [0, 0.05) is 11.9 Å². The second-order valence-electron chi connectivity index (χ2n) is 3.31. The molecule has 1 N–H and O–H groups in total. The standard InChI is InChI=1S/C11H10N2O2/c1-8-2-4-9(5-3-8)13-6-10(11(14)15)12-7-13/h2-7H,1H3,(H,14,15). The number of aromatic nitrogens is 2. The molecule has 4 nitrogen and oxygen atoms in total. The molecule has 0 unspecified atom stereocenters. The molecule has 1 aromatic carbocycles. The van der Waals surface area contributed by atoms with Gasteiger partial charge in [-0.25, -0.2) is 9.78 Å². The monoisotopic (exact) mass is 202 g/mol. The van der Waals surface area contributed by atoms with E-state index >= 15 is 0 Å². The predicted molar refractivity (Wildman–Crippen MR) is 55.3 cm³/mol. The Morgan fingerprint density at radius 2 is 2.00 bits per heavy atom. The Bertz CT molecular complexity index is 486. The van der Waals surface area contributed by atoms with Gasteiger partial charge in [-0.05, 0) is 19.1 Å². The van der Waals surface area contributed by atoms with Crippen LogP contribution in [0.4, 0.5) is 0 Å². The highest BCUT2D eigenvalue weighted by molar-refractivity contribution is 5.85. The molecule has 2 aromatic rings. The zero-order chi connectivity index (χ0) is 10.8. The lowest BCUT2D eigenvalue weighted by molar-refractivity contribution is 0.0691. The summed E-state index contributed by atoms with van der Waals surface area (Å²) in [5.41, 5.74) is 2.12. The summed E-state index contributed by atoms with van der Waals surface area (Å²) in [7, 11) is 0. The Hall–Kier alpha value is -2.10. The van der Waals surface area contributed by atoms with Crippen molar-refractivity contribution in [2.45, 2.75) is 6.92 Å². The lowest BCUT2D eigenvalue weighted by Gasteiger charge is -2.01. The molecule has 1 heterocycles. The minimum absolute atomic E-state index is 0.0515. The van der Waals surface area contributed by atoms with E-state index in [1.807, 2.05) is 31.2 Å². The van der Waals surface area contributed by atoms with Gasteiger partial charge >= 0.3 is 5.97 Å². The van der Waals surface area contributed by atoms with E-state index in [1.54, 1.807) is 4.57 Å². The molecule has 0 saturated heterocycles. The van der Waals surface area contributed by atoms with E-state index in [2.05, 4.69) is 4.98 Å². The van der Waals surface area contributed by atoms with Gasteiger partial charge in [0.05, 0.1) is 0 Å². The van der Waals surface area contributed by atoms with E-state index in [0.29, 0.717) is 0 Å². The quantitative estimate of drug-likeness (QED) is 0.808. The minimum atomic E-state index is -1.01. The molecule has 4 heteroatoms. The Balaban J connectivity index is 2.37. The van der Waals surface area contributed by atoms with Crippen molar-refractivity contribution in [1.82, 2.24) is 9.55 Å². The molecule has 0 radical (unpaired) electrons. The number of benzene rings is 1. The van der Waals surface area contributed by atoms with Crippen molar-refractivity contribution in [2.75, 3.05) is 0 Å². The van der Waals surface area contributed by atoms with Gasteiger partial charge in [-0.3, -0.25) is 0 Å². The maximum Gasteiger partial charge on any atom is 0.356 e. The van der Waals surface area contributed by atoms with Crippen molar-refractivity contribution in [3.05, 3.63) is 48.0 Å². The summed E-state index contributed by atoms with van der Waals surface area (Å²) in [6.45, 7) is 2.00. The van der Waals surface area contributed by atoms with Crippen LogP contribution in [0.3, 0.4) is 0 Å². The third-order valence-electron chi connectivity index (χ3n) is 2.13. The summed E-state index contributed by atoms with van der Waals surface area (Å²) in [6.07, 6.45) is 2.99. The number of carboxylic acid groups (broad SMARTS) is 1. The van der Waals surface area contributed by atoms with Gasteiger partial charge in [-0.2, -0.15) is 0 Å². The fraction of sp³-hybridized carbons (Fsp3) is 0.0909. The first-order chi connectivity index (χ1) is 7.16. The predicted octanol–water partition coefficient (Wildman–Crippen LogP) is 1.88. The summed E-state index contributed by atoms with van der Waals surface area (Å²) < 4.78 is 1.68. The topological polar surface area (TPSA) is 55.1 Å². The smallest absolute Gasteiger partial charge is 0.356 e. The van der Waals surface area contributed by atoms with E-state index in [-0.39, 0.29) is 5.69 Å². The fourth-order valence-electron chi connectivity index (χ4n) is 1.29. The number of hydrogen-bond donors (Lipinski definition) is 1. The lowest BCUT2D eigenvalue weighted by atomic mass is 10.2. The van der Waals surface area contributed by atoms with E-state index in [0.717, 1.165) is 11.3 Å². The van der Waals surface area contributed by atoms with E-state index in [9.17, 15) is 4.79 Å². The molecule has 0 aliphatic rings. The van der Waals surface area contributed by atoms with Crippen LogP contribution in [0.15, 0.2) is 36.8 Å². The van der Waals surface area contributed by atoms with Gasteiger partial charge < -0.3 is 9.67 Å². The number of aryl methyl sites for hydroxylation is 1. The normalized spacial score (nSPS) is 10.2. The number of aromatic carboxylic acids is 1. The minimum Gasteiger partial charge on any atom is -0.476 e. The number of imidazole rings is 1. The first kappa shape index (κ1) is 9.45. The van der Waals surface area contributed by atoms with Crippen LogP contribution in [0, 0.1) is 6.92 Å². The highest BCUT2D eigenvalue weighted by atomic mass is 16.4. The third-order valence-corrected chi connectivity index (χ3v) is 2.13. The molecule has 0 amide bonds. The summed E-state index contributed by atoms with van der Waals surface area (Å²) in [4.78, 5) is 14.4. The van der Waals surface area contributed by atoms with Gasteiger partial charge in [0.2, 0.25) is 0 Å². The van der Waals surface area contributed by atoms with E-state index in [1.165, 1.54) is 12.5 Å².